The van der Waals surface area contributed by atoms with Gasteiger partial charge in [-0.2, -0.15) is 13.2 Å². The predicted octanol–water partition coefficient (Wildman–Crippen LogP) is 1.88. The third kappa shape index (κ3) is 4.32. The molecule has 3 nitrogen and oxygen atoms in total. The smallest absolute Gasteiger partial charge is 0.383 e. The van der Waals surface area contributed by atoms with Crippen molar-refractivity contribution in [2.24, 2.45) is 0 Å². The van der Waals surface area contributed by atoms with Crippen LogP contribution in [0, 0.1) is 0 Å². The number of ether oxygens (including phenoxy) is 1. The van der Waals surface area contributed by atoms with E-state index in [9.17, 15) is 13.2 Å². The van der Waals surface area contributed by atoms with E-state index in [1.807, 2.05) is 0 Å². The summed E-state index contributed by atoms with van der Waals surface area (Å²) in [4.78, 5) is 3.59. The molecule has 0 aliphatic rings. The molecule has 1 aromatic heterocycles. The van der Waals surface area contributed by atoms with Gasteiger partial charge in [0.2, 0.25) is 0 Å². The monoisotopic (exact) mass is 248 g/mol. The summed E-state index contributed by atoms with van der Waals surface area (Å²) in [5.74, 6) is 0. The van der Waals surface area contributed by atoms with Gasteiger partial charge in [0.25, 0.3) is 0 Å². The van der Waals surface area contributed by atoms with Crippen molar-refractivity contribution in [3.8, 4) is 0 Å². The first-order chi connectivity index (χ1) is 7.97. The molecule has 96 valence electrons. The van der Waals surface area contributed by atoms with Crippen molar-refractivity contribution in [1.82, 2.24) is 10.3 Å². The molecule has 1 unspecified atom stereocenters. The van der Waals surface area contributed by atoms with Crippen LogP contribution in [0.25, 0.3) is 0 Å². The van der Waals surface area contributed by atoms with Gasteiger partial charge in [-0.15, -0.1) is 0 Å². The molecular weight excluding hydrogens is 233 g/mol. The maximum atomic E-state index is 12.4. The molecule has 0 saturated heterocycles. The zero-order valence-electron chi connectivity index (χ0n) is 9.71. The van der Waals surface area contributed by atoms with Crippen LogP contribution in [0.4, 0.5) is 13.2 Å². The molecule has 1 heterocycles. The second-order valence-corrected chi connectivity index (χ2v) is 3.66. The summed E-state index contributed by atoms with van der Waals surface area (Å²) >= 11 is 0. The first kappa shape index (κ1) is 13.9. The van der Waals surface area contributed by atoms with Crippen molar-refractivity contribution in [3.63, 3.8) is 0 Å². The summed E-state index contributed by atoms with van der Waals surface area (Å²) in [6, 6.07) is 3.87. The van der Waals surface area contributed by atoms with Crippen LogP contribution in [0.5, 0.6) is 0 Å². The van der Waals surface area contributed by atoms with Crippen molar-refractivity contribution in [2.45, 2.75) is 18.6 Å². The van der Waals surface area contributed by atoms with Gasteiger partial charge in [-0.1, -0.05) is 6.07 Å². The molecule has 1 aromatic rings. The first-order valence-electron chi connectivity index (χ1n) is 5.16. The molecule has 0 bridgehead atoms. The Hall–Kier alpha value is -1.14. The molecular formula is C11H15F3N2O. The van der Waals surface area contributed by atoms with Crippen LogP contribution in [-0.2, 0) is 17.3 Å². The predicted molar refractivity (Wildman–Crippen MR) is 57.7 cm³/mol. The van der Waals surface area contributed by atoms with Crippen LogP contribution in [0.1, 0.15) is 11.4 Å². The molecule has 0 saturated carbocycles. The van der Waals surface area contributed by atoms with E-state index < -0.39 is 11.9 Å². The largest absolute Gasteiger partial charge is 0.433 e. The number of aromatic nitrogens is 1. The quantitative estimate of drug-likeness (QED) is 0.863. The summed E-state index contributed by atoms with van der Waals surface area (Å²) in [5.41, 5.74) is -0.460. The van der Waals surface area contributed by atoms with Crippen molar-refractivity contribution in [1.29, 1.82) is 0 Å². The maximum Gasteiger partial charge on any atom is 0.433 e. The Bertz CT molecular complexity index is 355. The molecule has 0 radical (unpaired) electrons. The van der Waals surface area contributed by atoms with Gasteiger partial charge in [0.15, 0.2) is 0 Å². The fraction of sp³-hybridized carbons (Fsp3) is 0.545. The zero-order valence-corrected chi connectivity index (χ0v) is 9.71. The van der Waals surface area contributed by atoms with Gasteiger partial charge in [-0.3, -0.25) is 0 Å². The summed E-state index contributed by atoms with van der Waals surface area (Å²) in [7, 11) is 3.28. The minimum atomic E-state index is -4.40. The topological polar surface area (TPSA) is 34.1 Å². The van der Waals surface area contributed by atoms with Gasteiger partial charge in [0.1, 0.15) is 5.69 Å². The number of halogens is 3. The second-order valence-electron chi connectivity index (χ2n) is 3.66. The van der Waals surface area contributed by atoms with Crippen LogP contribution in [0.15, 0.2) is 18.2 Å². The van der Waals surface area contributed by atoms with Crippen molar-refractivity contribution >= 4 is 0 Å². The van der Waals surface area contributed by atoms with Crippen LogP contribution in [0.2, 0.25) is 0 Å². The molecule has 0 spiro atoms. The average molecular weight is 248 g/mol. The third-order valence-electron chi connectivity index (χ3n) is 2.33. The number of pyridine rings is 1. The molecule has 0 aromatic carbocycles. The summed E-state index contributed by atoms with van der Waals surface area (Å²) < 4.78 is 42.2. The van der Waals surface area contributed by atoms with Gasteiger partial charge in [-0.25, -0.2) is 4.98 Å². The molecule has 0 fully saturated rings. The lowest BCUT2D eigenvalue weighted by Gasteiger charge is -2.15. The van der Waals surface area contributed by atoms with Crippen LogP contribution >= 0.6 is 0 Å². The number of hydrogen-bond donors (Lipinski definition) is 1. The van der Waals surface area contributed by atoms with E-state index in [4.69, 9.17) is 4.74 Å². The highest BCUT2D eigenvalue weighted by molar-refractivity contribution is 5.14. The number of likely N-dealkylation sites (N-methyl/N-ethyl adjacent to an activating group) is 1. The summed E-state index contributed by atoms with van der Waals surface area (Å²) in [6.45, 7) is 0.425. The lowest BCUT2D eigenvalue weighted by molar-refractivity contribution is -0.141. The van der Waals surface area contributed by atoms with E-state index >= 15 is 0 Å². The Labute approximate surface area is 98.0 Å². The molecule has 0 amide bonds. The highest BCUT2D eigenvalue weighted by Crippen LogP contribution is 2.27. The number of nitrogens with zero attached hydrogens (tertiary/aromatic N) is 1. The van der Waals surface area contributed by atoms with E-state index in [0.717, 1.165) is 6.07 Å². The lowest BCUT2D eigenvalue weighted by atomic mass is 10.1. The van der Waals surface area contributed by atoms with Crippen LogP contribution in [0.3, 0.4) is 0 Å². The Kier molecular flexibility index (Phi) is 4.89. The molecule has 0 aliphatic carbocycles. The van der Waals surface area contributed by atoms with Gasteiger partial charge >= 0.3 is 6.18 Å². The van der Waals surface area contributed by atoms with Crippen LogP contribution < -0.4 is 5.32 Å². The molecule has 1 atom stereocenters. The molecule has 17 heavy (non-hydrogen) atoms. The Morgan fingerprint density at radius 3 is 2.65 bits per heavy atom. The third-order valence-corrected chi connectivity index (χ3v) is 2.33. The highest BCUT2D eigenvalue weighted by atomic mass is 19.4. The zero-order chi connectivity index (χ0) is 12.9. The standard InChI is InChI=1S/C11H15F3N2O/c1-15-9(7-17-2)6-8-4-3-5-10(16-8)11(12,13)14/h3-5,9,15H,6-7H2,1-2H3. The SMILES string of the molecule is CNC(COC)Cc1cccc(C(F)(F)F)n1. The first-order valence-corrected chi connectivity index (χ1v) is 5.16. The Morgan fingerprint density at radius 1 is 1.41 bits per heavy atom. The maximum absolute atomic E-state index is 12.4. The lowest BCUT2D eigenvalue weighted by Crippen LogP contribution is -2.32. The fourth-order valence-electron chi connectivity index (χ4n) is 1.45. The summed E-state index contributed by atoms with van der Waals surface area (Å²) in [6.07, 6.45) is -4.00. The van der Waals surface area contributed by atoms with Gasteiger partial charge < -0.3 is 10.1 Å². The fourth-order valence-corrected chi connectivity index (χ4v) is 1.45. The number of methoxy groups -OCH3 is 1. The summed E-state index contributed by atoms with van der Waals surface area (Å²) in [5, 5.41) is 2.96. The minimum absolute atomic E-state index is 0.0454. The van der Waals surface area contributed by atoms with Gasteiger partial charge in [0.05, 0.1) is 6.61 Å². The normalized spacial score (nSPS) is 13.7. The van der Waals surface area contributed by atoms with Gasteiger partial charge in [-0.05, 0) is 19.2 Å². The van der Waals surface area contributed by atoms with Crippen LogP contribution in [-0.4, -0.2) is 31.8 Å². The van der Waals surface area contributed by atoms with Crippen molar-refractivity contribution in [3.05, 3.63) is 29.6 Å². The van der Waals surface area contributed by atoms with Crippen molar-refractivity contribution < 1.29 is 17.9 Å². The van der Waals surface area contributed by atoms with Crippen molar-refractivity contribution in [2.75, 3.05) is 20.8 Å². The second kappa shape index (κ2) is 5.97. The van der Waals surface area contributed by atoms with E-state index in [2.05, 4.69) is 10.3 Å². The molecule has 1 rings (SSSR count). The van der Waals surface area contributed by atoms with E-state index in [1.165, 1.54) is 6.07 Å². The molecule has 6 heteroatoms. The number of alkyl halides is 3. The average Bonchev–Trinajstić information content (AvgIpc) is 2.28. The van der Waals surface area contributed by atoms with E-state index in [-0.39, 0.29) is 6.04 Å². The highest BCUT2D eigenvalue weighted by Gasteiger charge is 2.32. The molecule has 0 aliphatic heterocycles. The molecule has 1 N–H and O–H groups in total. The Balaban J connectivity index is 2.78. The Morgan fingerprint density at radius 2 is 2.12 bits per heavy atom. The van der Waals surface area contributed by atoms with E-state index in [1.54, 1.807) is 20.2 Å². The minimum Gasteiger partial charge on any atom is -0.383 e. The number of hydrogen-bond acceptors (Lipinski definition) is 3. The van der Waals surface area contributed by atoms with Gasteiger partial charge in [0, 0.05) is 25.3 Å². The van der Waals surface area contributed by atoms with E-state index in [0.29, 0.717) is 18.7 Å². The number of rotatable bonds is 5. The number of nitrogens with one attached hydrogen (secondary N) is 1.